The van der Waals surface area contributed by atoms with Crippen LogP contribution in [0, 0.1) is 0 Å². The lowest BCUT2D eigenvalue weighted by molar-refractivity contribution is -0.122. The fourth-order valence-corrected chi connectivity index (χ4v) is 6.84. The first kappa shape index (κ1) is 41.8. The van der Waals surface area contributed by atoms with Gasteiger partial charge in [-0.05, 0) is 98.9 Å². The molecule has 54 heavy (non-hydrogen) atoms. The maximum Gasteiger partial charge on any atom is 0.219 e. The van der Waals surface area contributed by atoms with Gasteiger partial charge in [0.25, 0.3) is 0 Å². The van der Waals surface area contributed by atoms with Crippen LogP contribution in [0.5, 0.6) is 11.5 Å². The van der Waals surface area contributed by atoms with E-state index >= 15 is 0 Å². The van der Waals surface area contributed by atoms with E-state index in [9.17, 15) is 19.2 Å². The van der Waals surface area contributed by atoms with Crippen molar-refractivity contribution in [3.8, 4) is 11.5 Å². The van der Waals surface area contributed by atoms with Crippen molar-refractivity contribution in [1.82, 2.24) is 30.4 Å². The summed E-state index contributed by atoms with van der Waals surface area (Å²) in [6.45, 7) is 7.21. The average Bonchev–Trinajstić information content (AvgIpc) is 3.68. The first-order valence-electron chi connectivity index (χ1n) is 19.5. The van der Waals surface area contributed by atoms with Gasteiger partial charge in [0.2, 0.25) is 23.6 Å². The molecule has 12 nitrogen and oxygen atoms in total. The first-order chi connectivity index (χ1) is 26.2. The molecule has 0 spiro atoms. The van der Waals surface area contributed by atoms with E-state index in [4.69, 9.17) is 9.47 Å². The van der Waals surface area contributed by atoms with E-state index in [0.717, 1.165) is 111 Å². The Morgan fingerprint density at radius 1 is 0.537 bits per heavy atom. The lowest BCUT2D eigenvalue weighted by Crippen LogP contribution is -2.25. The molecule has 0 aliphatic heterocycles. The highest BCUT2D eigenvalue weighted by Crippen LogP contribution is 2.28. The number of aryl methyl sites for hydroxylation is 2. The van der Waals surface area contributed by atoms with Gasteiger partial charge in [-0.2, -0.15) is 0 Å². The van der Waals surface area contributed by atoms with Crippen LogP contribution in [-0.4, -0.2) is 73.2 Å². The number of methoxy groups -OCH3 is 2. The number of nitrogens with zero attached hydrogens (tertiary/aromatic N) is 2. The predicted molar refractivity (Wildman–Crippen MR) is 214 cm³/mol. The largest absolute Gasteiger partial charge is 0.497 e. The fraction of sp³-hybridized carbons (Fsp3) is 0.524. The summed E-state index contributed by atoms with van der Waals surface area (Å²) in [6.07, 6.45) is 14.1. The molecule has 2 heterocycles. The van der Waals surface area contributed by atoms with Crippen LogP contribution in [-0.2, 0) is 45.1 Å². The number of ether oxygens (including phenoxy) is 2. The molecule has 4 amide bonds. The standard InChI is InChI=1S/C42H60N6O6/c1-31(49)43-23-19-33-29-47(39-17-15-35(53-3)27-37(33)39)25-11-7-13-41(51)45-21-9-5-6-10-22-46-42(52)14-8-12-26-48-30-34(20-24-44-32(2)50)38-28-36(54-4)16-18-40(38)48/h15-18,27-30H,5-14,19-26H2,1-4H3,(H,43,49)(H,44,50)(H,45,51)(H,46,52). The van der Waals surface area contributed by atoms with Crippen molar-refractivity contribution in [2.24, 2.45) is 0 Å². The van der Waals surface area contributed by atoms with Crippen molar-refractivity contribution in [2.45, 2.75) is 104 Å². The summed E-state index contributed by atoms with van der Waals surface area (Å²) in [6, 6.07) is 12.2. The van der Waals surface area contributed by atoms with Crippen molar-refractivity contribution < 1.29 is 28.7 Å². The SMILES string of the molecule is COc1ccc2c(c1)c(CCNC(C)=O)cn2CCCCC(=O)NCCCCCCNC(=O)CCCCn1cc(CCNC(C)=O)c2cc(OC)ccc21. The molecule has 4 aromatic rings. The second-order valence-electron chi connectivity index (χ2n) is 14.0. The Hall–Kier alpha value is -5.00. The van der Waals surface area contributed by atoms with E-state index in [-0.39, 0.29) is 23.6 Å². The number of hydrogen-bond acceptors (Lipinski definition) is 6. The number of unbranched alkanes of at least 4 members (excludes halogenated alkanes) is 5. The van der Waals surface area contributed by atoms with Gasteiger partial charge in [-0.1, -0.05) is 12.8 Å². The van der Waals surface area contributed by atoms with E-state index in [1.807, 2.05) is 24.3 Å². The predicted octanol–water partition coefficient (Wildman–Crippen LogP) is 5.80. The average molecular weight is 745 g/mol. The highest BCUT2D eigenvalue weighted by Gasteiger charge is 2.12. The monoisotopic (exact) mass is 744 g/mol. The summed E-state index contributed by atoms with van der Waals surface area (Å²) in [5.41, 5.74) is 4.59. The lowest BCUT2D eigenvalue weighted by Gasteiger charge is -2.08. The quantitative estimate of drug-likeness (QED) is 0.0632. The number of carbonyl (C=O) groups excluding carboxylic acids is 4. The maximum atomic E-state index is 12.4. The topological polar surface area (TPSA) is 145 Å². The van der Waals surface area contributed by atoms with E-state index < -0.39 is 0 Å². The second kappa shape index (κ2) is 22.3. The Morgan fingerprint density at radius 2 is 0.963 bits per heavy atom. The second-order valence-corrected chi connectivity index (χ2v) is 14.0. The van der Waals surface area contributed by atoms with Gasteiger partial charge in [0.15, 0.2) is 0 Å². The molecule has 2 aromatic carbocycles. The number of carbonyl (C=O) groups is 4. The summed E-state index contributed by atoms with van der Waals surface area (Å²) < 4.78 is 15.3. The zero-order valence-corrected chi connectivity index (χ0v) is 32.7. The minimum atomic E-state index is -0.0345. The molecule has 2 aromatic heterocycles. The fourth-order valence-electron chi connectivity index (χ4n) is 6.84. The van der Waals surface area contributed by atoms with Gasteiger partial charge in [-0.3, -0.25) is 19.2 Å². The van der Waals surface area contributed by atoms with Crippen LogP contribution in [0.1, 0.15) is 89.2 Å². The number of fused-ring (bicyclic) bond motifs is 2. The number of rotatable bonds is 25. The van der Waals surface area contributed by atoms with Crippen molar-refractivity contribution in [2.75, 3.05) is 40.4 Å². The molecule has 0 bridgehead atoms. The van der Waals surface area contributed by atoms with Crippen LogP contribution in [0.3, 0.4) is 0 Å². The van der Waals surface area contributed by atoms with Crippen molar-refractivity contribution >= 4 is 45.4 Å². The number of hydrogen-bond donors (Lipinski definition) is 4. The van der Waals surface area contributed by atoms with Crippen molar-refractivity contribution in [1.29, 1.82) is 0 Å². The molecule has 12 heteroatoms. The zero-order valence-electron chi connectivity index (χ0n) is 32.7. The summed E-state index contributed by atoms with van der Waals surface area (Å²) >= 11 is 0. The van der Waals surface area contributed by atoms with E-state index in [1.54, 1.807) is 14.2 Å². The number of amides is 4. The van der Waals surface area contributed by atoms with Gasteiger partial charge in [0.05, 0.1) is 14.2 Å². The normalized spacial score (nSPS) is 11.1. The first-order valence-corrected chi connectivity index (χ1v) is 19.5. The van der Waals surface area contributed by atoms with Crippen LogP contribution in [0.15, 0.2) is 48.8 Å². The van der Waals surface area contributed by atoms with Gasteiger partial charge in [0.1, 0.15) is 11.5 Å². The third kappa shape index (κ3) is 13.4. The number of aromatic nitrogens is 2. The van der Waals surface area contributed by atoms with E-state index in [0.29, 0.717) is 39.0 Å². The molecule has 0 saturated carbocycles. The highest BCUT2D eigenvalue weighted by molar-refractivity contribution is 5.86. The minimum Gasteiger partial charge on any atom is -0.497 e. The molecule has 4 rings (SSSR count). The third-order valence-corrected chi connectivity index (χ3v) is 9.73. The molecule has 294 valence electrons. The van der Waals surface area contributed by atoms with Crippen LogP contribution < -0.4 is 30.7 Å². The number of nitrogens with one attached hydrogen (secondary N) is 4. The molecule has 4 N–H and O–H groups in total. The van der Waals surface area contributed by atoms with Gasteiger partial charge >= 0.3 is 0 Å². The van der Waals surface area contributed by atoms with E-state index in [2.05, 4.69) is 54.9 Å². The summed E-state index contributed by atoms with van der Waals surface area (Å²) in [5.74, 6) is 1.72. The van der Waals surface area contributed by atoms with Crippen LogP contribution >= 0.6 is 0 Å². The molecule has 0 radical (unpaired) electrons. The Balaban J connectivity index is 1.03. The highest BCUT2D eigenvalue weighted by atomic mass is 16.5. The Labute approximate surface area is 319 Å². The smallest absolute Gasteiger partial charge is 0.219 e. The molecule has 0 atom stereocenters. The molecule has 0 fully saturated rings. The zero-order chi connectivity index (χ0) is 38.7. The Kier molecular flexibility index (Phi) is 17.2. The molecule has 0 aliphatic carbocycles. The van der Waals surface area contributed by atoms with Gasteiger partial charge in [-0.25, -0.2) is 0 Å². The van der Waals surface area contributed by atoms with Crippen LogP contribution in [0.2, 0.25) is 0 Å². The Bertz CT molecular complexity index is 1700. The Morgan fingerprint density at radius 3 is 1.35 bits per heavy atom. The van der Waals surface area contributed by atoms with Crippen molar-refractivity contribution in [3.05, 3.63) is 59.9 Å². The minimum absolute atomic E-state index is 0.0345. The third-order valence-electron chi connectivity index (χ3n) is 9.73. The summed E-state index contributed by atoms with van der Waals surface area (Å²) in [4.78, 5) is 47.5. The lowest BCUT2D eigenvalue weighted by atomic mass is 10.1. The van der Waals surface area contributed by atoms with Crippen LogP contribution in [0.4, 0.5) is 0 Å². The molecule has 0 unspecified atom stereocenters. The van der Waals surface area contributed by atoms with Crippen molar-refractivity contribution in [3.63, 3.8) is 0 Å². The molecular weight excluding hydrogens is 684 g/mol. The molecule has 0 aliphatic rings. The summed E-state index contributed by atoms with van der Waals surface area (Å²) in [7, 11) is 3.32. The maximum absolute atomic E-state index is 12.4. The van der Waals surface area contributed by atoms with Gasteiger partial charge in [-0.15, -0.1) is 0 Å². The summed E-state index contributed by atoms with van der Waals surface area (Å²) in [5, 5.41) is 14.1. The number of benzene rings is 2. The molecular formula is C42H60N6O6. The van der Waals surface area contributed by atoms with Gasteiger partial charge in [0, 0.05) is 100 Å². The van der Waals surface area contributed by atoms with Gasteiger partial charge < -0.3 is 39.9 Å². The van der Waals surface area contributed by atoms with Crippen LogP contribution in [0.25, 0.3) is 21.8 Å². The van der Waals surface area contributed by atoms with E-state index in [1.165, 1.54) is 25.0 Å². The molecule has 0 saturated heterocycles.